The number of H-pyrrole nitrogens is 3. The molecule has 3 rings (SSSR count). The van der Waals surface area contributed by atoms with E-state index < -0.39 is 22.6 Å². The molecule has 3 heterocycles. The van der Waals surface area contributed by atoms with Crippen LogP contribution in [0.4, 0.5) is 17.5 Å². The fraction of sp³-hybridized carbons (Fsp3) is 0. The first-order valence-electron chi connectivity index (χ1n) is 6.40. The van der Waals surface area contributed by atoms with E-state index in [0.29, 0.717) is 5.82 Å². The fourth-order valence-electron chi connectivity index (χ4n) is 1.72. The van der Waals surface area contributed by atoms with Crippen LogP contribution in [0.2, 0.25) is 0 Å². The summed E-state index contributed by atoms with van der Waals surface area (Å²) in [6.07, 6.45) is 1.54. The van der Waals surface area contributed by atoms with Crippen molar-refractivity contribution in [2.24, 2.45) is 0 Å². The number of aromatic nitrogens is 6. The minimum Gasteiger partial charge on any atom is -0.358 e. The third-order valence-corrected chi connectivity index (χ3v) is 2.80. The Morgan fingerprint density at radius 3 is 2.29 bits per heavy atom. The Kier molecular flexibility index (Phi) is 3.72. The summed E-state index contributed by atoms with van der Waals surface area (Å²) in [5, 5.41) is 33.5. The number of anilines is 2. The number of carbonyl (C=O) groups excluding carboxylic acids is 2. The van der Waals surface area contributed by atoms with Gasteiger partial charge in [-0.25, -0.2) is 0 Å². The van der Waals surface area contributed by atoms with Crippen molar-refractivity contribution in [1.82, 2.24) is 30.6 Å². The number of rotatable bonds is 5. The van der Waals surface area contributed by atoms with Gasteiger partial charge in [0, 0.05) is 18.3 Å². The molecule has 0 aliphatic carbocycles. The van der Waals surface area contributed by atoms with Gasteiger partial charge < -0.3 is 20.7 Å². The molecule has 0 atom stereocenters. The first-order valence-corrected chi connectivity index (χ1v) is 6.40. The average Bonchev–Trinajstić information content (AvgIpc) is 3.28. The quantitative estimate of drug-likeness (QED) is 0.327. The SMILES string of the molecule is O=C(Nc1cc[nH]n1)c1cc(NC(=O)c2cc([N+](=O)[O-])n[nH]2)n[nH]1. The molecule has 0 spiro atoms. The van der Waals surface area contributed by atoms with E-state index in [9.17, 15) is 19.7 Å². The Hall–Kier alpha value is -4.03. The molecule has 3 aromatic heterocycles. The van der Waals surface area contributed by atoms with Gasteiger partial charge in [-0.05, 0) is 4.92 Å². The summed E-state index contributed by atoms with van der Waals surface area (Å²) in [6, 6.07) is 3.83. The molecule has 0 radical (unpaired) electrons. The lowest BCUT2D eigenvalue weighted by Crippen LogP contribution is -2.13. The predicted molar refractivity (Wildman–Crippen MR) is 78.3 cm³/mol. The number of nitro groups is 1. The van der Waals surface area contributed by atoms with Crippen molar-refractivity contribution in [3.63, 3.8) is 0 Å². The number of amides is 2. The molecule has 0 saturated carbocycles. The summed E-state index contributed by atoms with van der Waals surface area (Å²) in [6.45, 7) is 0. The molecule has 122 valence electrons. The van der Waals surface area contributed by atoms with Crippen molar-refractivity contribution in [2.45, 2.75) is 0 Å². The Morgan fingerprint density at radius 1 is 1.00 bits per heavy atom. The van der Waals surface area contributed by atoms with E-state index in [2.05, 4.69) is 41.2 Å². The molecule has 0 bridgehead atoms. The molecule has 5 N–H and O–H groups in total. The number of nitrogens with zero attached hydrogens (tertiary/aromatic N) is 4. The Morgan fingerprint density at radius 2 is 1.67 bits per heavy atom. The normalized spacial score (nSPS) is 10.3. The maximum Gasteiger partial charge on any atom is 0.390 e. The Labute approximate surface area is 132 Å². The van der Waals surface area contributed by atoms with Gasteiger partial charge in [-0.2, -0.15) is 15.3 Å². The van der Waals surface area contributed by atoms with Crippen LogP contribution in [-0.4, -0.2) is 47.3 Å². The average molecular weight is 331 g/mol. The number of carbonyl (C=O) groups is 2. The lowest BCUT2D eigenvalue weighted by molar-refractivity contribution is -0.389. The molecule has 0 aliphatic rings. The summed E-state index contributed by atoms with van der Waals surface area (Å²) < 4.78 is 0. The van der Waals surface area contributed by atoms with Crippen LogP contribution in [0.25, 0.3) is 0 Å². The van der Waals surface area contributed by atoms with Crippen LogP contribution in [0.15, 0.2) is 24.4 Å². The summed E-state index contributed by atoms with van der Waals surface area (Å²) in [7, 11) is 0. The van der Waals surface area contributed by atoms with Crippen molar-refractivity contribution in [3.05, 3.63) is 45.9 Å². The van der Waals surface area contributed by atoms with Crippen LogP contribution in [-0.2, 0) is 0 Å². The predicted octanol–water partition coefficient (Wildman–Crippen LogP) is 0.269. The van der Waals surface area contributed by atoms with Crippen LogP contribution < -0.4 is 10.6 Å². The zero-order valence-corrected chi connectivity index (χ0v) is 11.7. The van der Waals surface area contributed by atoms with E-state index in [1.165, 1.54) is 12.3 Å². The topological polar surface area (TPSA) is 187 Å². The van der Waals surface area contributed by atoms with Gasteiger partial charge in [-0.3, -0.25) is 19.8 Å². The van der Waals surface area contributed by atoms with E-state index >= 15 is 0 Å². The summed E-state index contributed by atoms with van der Waals surface area (Å²) >= 11 is 0. The third kappa shape index (κ3) is 3.08. The van der Waals surface area contributed by atoms with E-state index in [-0.39, 0.29) is 17.2 Å². The van der Waals surface area contributed by atoms with Crippen molar-refractivity contribution < 1.29 is 14.5 Å². The van der Waals surface area contributed by atoms with Gasteiger partial charge in [0.25, 0.3) is 11.8 Å². The molecule has 3 aromatic rings. The van der Waals surface area contributed by atoms with Crippen molar-refractivity contribution in [3.8, 4) is 0 Å². The van der Waals surface area contributed by atoms with Gasteiger partial charge >= 0.3 is 5.82 Å². The molecule has 0 aliphatic heterocycles. The first kappa shape index (κ1) is 14.9. The highest BCUT2D eigenvalue weighted by molar-refractivity contribution is 6.05. The zero-order valence-electron chi connectivity index (χ0n) is 11.7. The maximum atomic E-state index is 11.9. The minimum absolute atomic E-state index is 0.0597. The van der Waals surface area contributed by atoms with Gasteiger partial charge in [-0.1, -0.05) is 0 Å². The van der Waals surface area contributed by atoms with Gasteiger partial charge in [0.1, 0.15) is 5.69 Å². The molecule has 24 heavy (non-hydrogen) atoms. The molecule has 13 heteroatoms. The number of nitrogens with one attached hydrogen (secondary N) is 5. The highest BCUT2D eigenvalue weighted by atomic mass is 16.6. The van der Waals surface area contributed by atoms with Crippen molar-refractivity contribution >= 4 is 29.3 Å². The van der Waals surface area contributed by atoms with E-state index in [0.717, 1.165) is 6.07 Å². The van der Waals surface area contributed by atoms with Crippen LogP contribution in [0.3, 0.4) is 0 Å². The van der Waals surface area contributed by atoms with E-state index in [1.54, 1.807) is 6.07 Å². The first-order chi connectivity index (χ1) is 11.5. The maximum absolute atomic E-state index is 11.9. The third-order valence-electron chi connectivity index (χ3n) is 2.80. The highest BCUT2D eigenvalue weighted by Gasteiger charge is 2.19. The summed E-state index contributed by atoms with van der Waals surface area (Å²) in [5.41, 5.74) is -0.0314. The lowest BCUT2D eigenvalue weighted by Gasteiger charge is -1.97. The standard InChI is InChI=1S/C11H9N9O4/c21-10(13-7-1-2-12-17-7)5-3-8(18-15-5)14-11(22)6-4-9(19-16-6)20(23)24/h1-4H,(H,16,19)(H2,12,13,17,21)(H2,14,15,18,22). The monoisotopic (exact) mass is 331 g/mol. The second kappa shape index (κ2) is 5.99. The second-order valence-corrected chi connectivity index (χ2v) is 4.43. The van der Waals surface area contributed by atoms with Crippen LogP contribution in [0.5, 0.6) is 0 Å². The van der Waals surface area contributed by atoms with Crippen LogP contribution in [0, 0.1) is 10.1 Å². The Balaban J connectivity index is 1.65. The molecule has 0 fully saturated rings. The van der Waals surface area contributed by atoms with E-state index in [1.807, 2.05) is 0 Å². The molecule has 0 aromatic carbocycles. The van der Waals surface area contributed by atoms with Gasteiger partial charge in [-0.15, -0.1) is 0 Å². The van der Waals surface area contributed by atoms with Gasteiger partial charge in [0.15, 0.2) is 17.3 Å². The highest BCUT2D eigenvalue weighted by Crippen LogP contribution is 2.12. The molecule has 0 unspecified atom stereocenters. The smallest absolute Gasteiger partial charge is 0.358 e. The Bertz CT molecular complexity index is 894. The zero-order chi connectivity index (χ0) is 17.1. The fourth-order valence-corrected chi connectivity index (χ4v) is 1.72. The molecule has 2 amide bonds. The van der Waals surface area contributed by atoms with Crippen LogP contribution in [0.1, 0.15) is 21.0 Å². The van der Waals surface area contributed by atoms with Crippen LogP contribution >= 0.6 is 0 Å². The number of aromatic amines is 3. The summed E-state index contributed by atoms with van der Waals surface area (Å²) in [5.74, 6) is -1.30. The minimum atomic E-state index is -0.737. The van der Waals surface area contributed by atoms with Crippen molar-refractivity contribution in [1.29, 1.82) is 0 Å². The number of hydrogen-bond donors (Lipinski definition) is 5. The second-order valence-electron chi connectivity index (χ2n) is 4.43. The lowest BCUT2D eigenvalue weighted by atomic mass is 10.3. The largest absolute Gasteiger partial charge is 0.390 e. The van der Waals surface area contributed by atoms with Gasteiger partial charge in [0.05, 0.1) is 11.2 Å². The molecule has 0 saturated heterocycles. The number of hydrogen-bond acceptors (Lipinski definition) is 7. The molecular weight excluding hydrogens is 322 g/mol. The van der Waals surface area contributed by atoms with Gasteiger partial charge in [0.2, 0.25) is 0 Å². The van der Waals surface area contributed by atoms with Crippen molar-refractivity contribution in [2.75, 3.05) is 10.6 Å². The summed E-state index contributed by atoms with van der Waals surface area (Å²) in [4.78, 5) is 33.6. The molecule has 13 nitrogen and oxygen atoms in total. The van der Waals surface area contributed by atoms with E-state index in [4.69, 9.17) is 0 Å². The molecular formula is C11H9N9O4.